The van der Waals surface area contributed by atoms with Crippen molar-refractivity contribution in [1.29, 1.82) is 0 Å². The summed E-state index contributed by atoms with van der Waals surface area (Å²) in [5, 5.41) is 4.48. The summed E-state index contributed by atoms with van der Waals surface area (Å²) >= 11 is 6.14. The molecule has 2 aromatic heterocycles. The summed E-state index contributed by atoms with van der Waals surface area (Å²) in [7, 11) is 3.75. The van der Waals surface area contributed by atoms with Crippen LogP contribution in [-0.4, -0.2) is 33.3 Å². The normalized spacial score (nSPS) is 13.6. The number of nitrogens with zero attached hydrogens (tertiary/aromatic N) is 3. The van der Waals surface area contributed by atoms with Crippen LogP contribution in [0.5, 0.6) is 0 Å². The number of halogens is 1. The number of hydrogen-bond acceptors (Lipinski definition) is 3. The first kappa shape index (κ1) is 19.2. The van der Waals surface area contributed by atoms with Gasteiger partial charge < -0.3 is 14.8 Å². The minimum absolute atomic E-state index is 0.0141. The summed E-state index contributed by atoms with van der Waals surface area (Å²) in [6.07, 6.45) is 8.09. The van der Waals surface area contributed by atoms with Crippen LogP contribution in [0, 0.1) is 0 Å². The van der Waals surface area contributed by atoms with Gasteiger partial charge in [0.15, 0.2) is 0 Å². The number of carbonyl (C=O) groups excluding carboxylic acids is 2. The Balaban J connectivity index is 1.48. The lowest BCUT2D eigenvalue weighted by Gasteiger charge is -2.16. The largest absolute Gasteiger partial charge is 0.350 e. The zero-order chi connectivity index (χ0) is 20.5. The van der Waals surface area contributed by atoms with Gasteiger partial charge in [0.25, 0.3) is 0 Å². The fraction of sp³-hybridized carbons (Fsp3) is 0.227. The first-order chi connectivity index (χ1) is 13.9. The van der Waals surface area contributed by atoms with E-state index in [4.69, 9.17) is 11.6 Å². The maximum Gasteiger partial charge on any atom is 0.246 e. The number of hydrogen-bond donors (Lipinski definition) is 1. The van der Waals surface area contributed by atoms with Crippen LogP contribution in [0.3, 0.4) is 0 Å². The summed E-state index contributed by atoms with van der Waals surface area (Å²) < 4.78 is 2.03. The van der Waals surface area contributed by atoms with Crippen LogP contribution in [0.15, 0.2) is 42.7 Å². The lowest BCUT2D eigenvalue weighted by molar-refractivity contribution is -0.125. The van der Waals surface area contributed by atoms with Crippen LogP contribution in [0.1, 0.15) is 23.1 Å². The van der Waals surface area contributed by atoms with Crippen LogP contribution < -0.4 is 5.32 Å². The van der Waals surface area contributed by atoms with Gasteiger partial charge in [-0.1, -0.05) is 11.6 Å². The minimum Gasteiger partial charge on any atom is -0.350 e. The molecule has 0 saturated carbocycles. The van der Waals surface area contributed by atoms with E-state index in [0.717, 1.165) is 27.6 Å². The van der Waals surface area contributed by atoms with E-state index in [0.29, 0.717) is 30.2 Å². The van der Waals surface area contributed by atoms with Crippen molar-refractivity contribution in [2.45, 2.75) is 19.4 Å². The van der Waals surface area contributed by atoms with Crippen molar-refractivity contribution < 1.29 is 9.59 Å². The lowest BCUT2D eigenvalue weighted by Crippen LogP contribution is -2.24. The van der Waals surface area contributed by atoms with Gasteiger partial charge in [-0.25, -0.2) is 4.98 Å². The van der Waals surface area contributed by atoms with Gasteiger partial charge in [-0.05, 0) is 53.5 Å². The fourth-order valence-corrected chi connectivity index (χ4v) is 3.74. The molecule has 6 nitrogen and oxygen atoms in total. The van der Waals surface area contributed by atoms with Crippen LogP contribution in [-0.2, 0) is 29.6 Å². The number of benzene rings is 1. The molecule has 4 rings (SSSR count). The SMILES string of the molecule is CN(Cc1cn(C)c2ccc(Cl)cc12)C(=O)/C=C/c1cnc2c(c1)CCC(=O)N2. The van der Waals surface area contributed by atoms with Crippen molar-refractivity contribution in [3.8, 4) is 0 Å². The van der Waals surface area contributed by atoms with E-state index >= 15 is 0 Å². The molecule has 3 heterocycles. The zero-order valence-electron chi connectivity index (χ0n) is 16.3. The number of nitrogens with one attached hydrogen (secondary N) is 1. The number of rotatable bonds is 4. The van der Waals surface area contributed by atoms with Crippen molar-refractivity contribution in [2.75, 3.05) is 12.4 Å². The second kappa shape index (κ2) is 7.72. The number of pyridine rings is 1. The van der Waals surface area contributed by atoms with E-state index < -0.39 is 0 Å². The van der Waals surface area contributed by atoms with E-state index in [1.807, 2.05) is 42.1 Å². The fourth-order valence-electron chi connectivity index (χ4n) is 3.57. The first-order valence-electron chi connectivity index (χ1n) is 9.36. The van der Waals surface area contributed by atoms with E-state index in [1.54, 1.807) is 30.3 Å². The number of fused-ring (bicyclic) bond motifs is 2. The van der Waals surface area contributed by atoms with E-state index in [-0.39, 0.29) is 11.8 Å². The van der Waals surface area contributed by atoms with Gasteiger partial charge in [0.2, 0.25) is 11.8 Å². The summed E-state index contributed by atoms with van der Waals surface area (Å²) in [4.78, 5) is 30.0. The number of carbonyl (C=O) groups is 2. The van der Waals surface area contributed by atoms with Gasteiger partial charge in [-0.3, -0.25) is 9.59 Å². The Labute approximate surface area is 173 Å². The van der Waals surface area contributed by atoms with Crippen molar-refractivity contribution in [3.63, 3.8) is 0 Å². The molecule has 0 saturated heterocycles. The molecular weight excluding hydrogens is 388 g/mol. The highest BCUT2D eigenvalue weighted by molar-refractivity contribution is 6.31. The van der Waals surface area contributed by atoms with Gasteiger partial charge in [-0.2, -0.15) is 0 Å². The third-order valence-corrected chi connectivity index (χ3v) is 5.34. The molecule has 29 heavy (non-hydrogen) atoms. The monoisotopic (exact) mass is 408 g/mol. The second-order valence-electron chi connectivity index (χ2n) is 7.28. The van der Waals surface area contributed by atoms with E-state index in [1.165, 1.54) is 0 Å². The summed E-state index contributed by atoms with van der Waals surface area (Å²) in [6.45, 7) is 0.481. The van der Waals surface area contributed by atoms with E-state index in [2.05, 4.69) is 10.3 Å². The molecular formula is C22H21ClN4O2. The molecule has 0 radical (unpaired) electrons. The number of anilines is 1. The zero-order valence-corrected chi connectivity index (χ0v) is 17.0. The molecule has 0 unspecified atom stereocenters. The molecule has 1 aliphatic rings. The molecule has 0 atom stereocenters. The topological polar surface area (TPSA) is 67.2 Å². The van der Waals surface area contributed by atoms with Gasteiger partial charge in [0.05, 0.1) is 0 Å². The molecule has 7 heteroatoms. The predicted molar refractivity (Wildman–Crippen MR) is 115 cm³/mol. The molecule has 1 aliphatic heterocycles. The Morgan fingerprint density at radius 1 is 1.34 bits per heavy atom. The van der Waals surface area contributed by atoms with Crippen LogP contribution in [0.4, 0.5) is 5.82 Å². The summed E-state index contributed by atoms with van der Waals surface area (Å²) in [5.74, 6) is 0.492. The summed E-state index contributed by atoms with van der Waals surface area (Å²) in [5.41, 5.74) is 3.94. The quantitative estimate of drug-likeness (QED) is 0.668. The highest BCUT2D eigenvalue weighted by atomic mass is 35.5. The molecule has 1 N–H and O–H groups in total. The predicted octanol–water partition coefficient (Wildman–Crippen LogP) is 3.78. The minimum atomic E-state index is -0.102. The molecule has 0 bridgehead atoms. The van der Waals surface area contributed by atoms with Gasteiger partial charge in [-0.15, -0.1) is 0 Å². The second-order valence-corrected chi connectivity index (χ2v) is 7.72. The Hall–Kier alpha value is -3.12. The number of amides is 2. The molecule has 0 aliphatic carbocycles. The number of aryl methyl sites for hydroxylation is 2. The van der Waals surface area contributed by atoms with Crippen LogP contribution in [0.2, 0.25) is 5.02 Å². The third-order valence-electron chi connectivity index (χ3n) is 5.10. The van der Waals surface area contributed by atoms with Crippen molar-refractivity contribution >= 4 is 46.2 Å². The molecule has 0 spiro atoms. The van der Waals surface area contributed by atoms with Crippen molar-refractivity contribution in [3.05, 3.63) is 64.4 Å². The van der Waals surface area contributed by atoms with E-state index in [9.17, 15) is 9.59 Å². The Morgan fingerprint density at radius 2 is 2.17 bits per heavy atom. The third kappa shape index (κ3) is 4.03. The highest BCUT2D eigenvalue weighted by Crippen LogP contribution is 2.25. The molecule has 0 fully saturated rings. The highest BCUT2D eigenvalue weighted by Gasteiger charge is 2.16. The smallest absolute Gasteiger partial charge is 0.246 e. The number of likely N-dealkylation sites (N-methyl/N-ethyl adjacent to an activating group) is 1. The van der Waals surface area contributed by atoms with Gasteiger partial charge in [0, 0.05) is 61.5 Å². The number of aromatic nitrogens is 2. The Kier molecular flexibility index (Phi) is 5.11. The van der Waals surface area contributed by atoms with Crippen molar-refractivity contribution in [2.24, 2.45) is 7.05 Å². The maximum atomic E-state index is 12.6. The Bertz CT molecular complexity index is 1150. The van der Waals surface area contributed by atoms with Gasteiger partial charge >= 0.3 is 0 Å². The van der Waals surface area contributed by atoms with Crippen molar-refractivity contribution in [1.82, 2.24) is 14.5 Å². The molecule has 1 aromatic carbocycles. The Morgan fingerprint density at radius 3 is 3.00 bits per heavy atom. The van der Waals surface area contributed by atoms with Crippen LogP contribution >= 0.6 is 11.6 Å². The lowest BCUT2D eigenvalue weighted by atomic mass is 10.0. The standard InChI is InChI=1S/C22H21ClN4O2/c1-26-12-16(18-10-17(23)5-6-19(18)26)13-27(2)21(29)8-3-14-9-15-4-7-20(28)25-22(15)24-11-14/h3,5-6,8-12H,4,7,13H2,1-2H3,(H,24,25,28)/b8-3+. The average molecular weight is 409 g/mol. The molecule has 148 valence electrons. The molecule has 2 amide bonds. The molecule has 3 aromatic rings. The maximum absolute atomic E-state index is 12.6. The van der Waals surface area contributed by atoms with Crippen LogP contribution in [0.25, 0.3) is 17.0 Å². The summed E-state index contributed by atoms with van der Waals surface area (Å²) in [6, 6.07) is 7.73. The average Bonchev–Trinajstić information content (AvgIpc) is 3.00. The first-order valence-corrected chi connectivity index (χ1v) is 9.74. The van der Waals surface area contributed by atoms with Gasteiger partial charge in [0.1, 0.15) is 5.82 Å².